The van der Waals surface area contributed by atoms with Crippen LogP contribution in [0.15, 0.2) is 29.6 Å². The molecule has 1 aliphatic carbocycles. The summed E-state index contributed by atoms with van der Waals surface area (Å²) in [6.07, 6.45) is 7.35. The lowest BCUT2D eigenvalue weighted by atomic mass is 9.81. The Morgan fingerprint density at radius 3 is 2.72 bits per heavy atom. The van der Waals surface area contributed by atoms with E-state index in [2.05, 4.69) is 21.5 Å². The summed E-state index contributed by atoms with van der Waals surface area (Å²) in [5.41, 5.74) is 0.389. The van der Waals surface area contributed by atoms with Gasteiger partial charge in [0.2, 0.25) is 0 Å². The van der Waals surface area contributed by atoms with E-state index in [0.717, 1.165) is 18.4 Å². The molecule has 7 heteroatoms. The number of amides is 2. The number of aliphatic hydroxyl groups excluding tert-OH is 1. The summed E-state index contributed by atoms with van der Waals surface area (Å²) in [4.78, 5) is 16.5. The maximum atomic E-state index is 12.0. The highest BCUT2D eigenvalue weighted by Gasteiger charge is 2.43. The molecule has 0 radical (unpaired) electrons. The lowest BCUT2D eigenvalue weighted by Gasteiger charge is -2.22. The smallest absolute Gasteiger partial charge is 0.321 e. The number of halogens is 1. The third kappa shape index (κ3) is 3.64. The number of aromatic nitrogens is 1. The van der Waals surface area contributed by atoms with Gasteiger partial charge in [0.05, 0.1) is 23.3 Å². The molecule has 0 saturated heterocycles. The van der Waals surface area contributed by atoms with Gasteiger partial charge in [-0.1, -0.05) is 29.7 Å². The number of benzene rings is 1. The average Bonchev–Trinajstić information content (AvgIpc) is 3.22. The second-order valence-corrected chi connectivity index (χ2v) is 7.63. The highest BCUT2D eigenvalue weighted by Crippen LogP contribution is 2.35. The summed E-state index contributed by atoms with van der Waals surface area (Å²) in [5.74, 6) is 2.79. The first-order valence-corrected chi connectivity index (χ1v) is 9.06. The fourth-order valence-electron chi connectivity index (χ4n) is 2.49. The number of nitrogens with one attached hydrogen (secondary N) is 2. The molecule has 1 unspecified atom stereocenters. The Balaban J connectivity index is 1.76. The van der Waals surface area contributed by atoms with Gasteiger partial charge >= 0.3 is 6.03 Å². The van der Waals surface area contributed by atoms with Gasteiger partial charge in [0.15, 0.2) is 5.13 Å². The Morgan fingerprint density at radius 2 is 2.16 bits per heavy atom. The maximum absolute atomic E-state index is 12.0. The largest absolute Gasteiger partial charge is 0.394 e. The molecule has 1 heterocycles. The van der Waals surface area contributed by atoms with E-state index in [1.165, 1.54) is 11.3 Å². The number of hydrogen-bond acceptors (Lipinski definition) is 4. The van der Waals surface area contributed by atoms with Gasteiger partial charge in [-0.2, -0.15) is 0 Å². The Hall–Kier alpha value is -2.07. The molecule has 2 aromatic rings. The average molecular weight is 376 g/mol. The summed E-state index contributed by atoms with van der Waals surface area (Å²) in [7, 11) is 0. The second-order valence-electron chi connectivity index (χ2n) is 6.33. The maximum Gasteiger partial charge on any atom is 0.321 e. The highest BCUT2D eigenvalue weighted by molar-refractivity contribution is 7.14. The molecule has 0 bridgehead atoms. The predicted octanol–water partition coefficient (Wildman–Crippen LogP) is 3.38. The van der Waals surface area contributed by atoms with Gasteiger partial charge < -0.3 is 10.4 Å². The van der Waals surface area contributed by atoms with Crippen molar-refractivity contribution in [1.29, 1.82) is 0 Å². The van der Waals surface area contributed by atoms with Crippen molar-refractivity contribution in [2.24, 2.45) is 0 Å². The lowest BCUT2D eigenvalue weighted by Crippen LogP contribution is -2.42. The SMILES string of the molecule is C#CC(C)(c1ccc(Cl)cc1)c1csc(NC(=O)NC2(CO)CC2)n1. The molecule has 130 valence electrons. The lowest BCUT2D eigenvalue weighted by molar-refractivity contribution is 0.217. The molecule has 1 atom stereocenters. The van der Waals surface area contributed by atoms with Crippen LogP contribution in [0.25, 0.3) is 0 Å². The number of thiazole rings is 1. The monoisotopic (exact) mass is 375 g/mol. The molecular formula is C18H18ClN3O2S. The minimum absolute atomic E-state index is 0.0602. The van der Waals surface area contributed by atoms with Crippen LogP contribution in [0.3, 0.4) is 0 Å². The van der Waals surface area contributed by atoms with Crippen LogP contribution < -0.4 is 10.6 Å². The summed E-state index contributed by atoms with van der Waals surface area (Å²) in [6.45, 7) is 1.84. The van der Waals surface area contributed by atoms with Crippen molar-refractivity contribution in [3.8, 4) is 12.3 Å². The molecule has 1 saturated carbocycles. The van der Waals surface area contributed by atoms with Crippen molar-refractivity contribution < 1.29 is 9.90 Å². The number of nitrogens with zero attached hydrogens (tertiary/aromatic N) is 1. The van der Waals surface area contributed by atoms with Crippen LogP contribution in [0.2, 0.25) is 5.02 Å². The zero-order valence-corrected chi connectivity index (χ0v) is 15.2. The Labute approximate surface area is 155 Å². The van der Waals surface area contributed by atoms with E-state index in [-0.39, 0.29) is 12.6 Å². The second kappa shape index (κ2) is 6.68. The zero-order valence-electron chi connectivity index (χ0n) is 13.7. The molecule has 0 spiro atoms. The van der Waals surface area contributed by atoms with Gasteiger partial charge in [-0.05, 0) is 37.5 Å². The number of urea groups is 1. The summed E-state index contributed by atoms with van der Waals surface area (Å²) < 4.78 is 0. The fraction of sp³-hybridized carbons (Fsp3) is 0.333. The molecule has 0 aliphatic heterocycles. The zero-order chi connectivity index (χ0) is 18.1. The normalized spacial score (nSPS) is 17.2. The van der Waals surface area contributed by atoms with Crippen LogP contribution >= 0.6 is 22.9 Å². The number of hydrogen-bond donors (Lipinski definition) is 3. The standard InChI is InChI=1S/C18H18ClN3O2S/c1-3-17(2,12-4-6-13(19)7-5-12)14-10-25-16(20-14)21-15(24)22-18(11-23)8-9-18/h1,4-7,10,23H,8-9,11H2,2H3,(H2,20,21,22,24). The molecule has 5 nitrogen and oxygen atoms in total. The number of terminal acetylenes is 1. The summed E-state index contributed by atoms with van der Waals surface area (Å²) in [5, 5.41) is 17.7. The number of rotatable bonds is 5. The molecule has 1 aliphatic rings. The molecule has 25 heavy (non-hydrogen) atoms. The van der Waals surface area contributed by atoms with Gasteiger partial charge in [0, 0.05) is 10.4 Å². The van der Waals surface area contributed by atoms with Crippen LogP contribution in [-0.4, -0.2) is 28.3 Å². The Kier molecular flexibility index (Phi) is 4.74. The van der Waals surface area contributed by atoms with Crippen molar-refractivity contribution >= 4 is 34.1 Å². The Bertz CT molecular complexity index is 824. The van der Waals surface area contributed by atoms with Crippen LogP contribution in [0.5, 0.6) is 0 Å². The number of carbonyl (C=O) groups excluding carboxylic acids is 1. The number of carbonyl (C=O) groups is 1. The molecule has 1 aromatic carbocycles. The third-order valence-corrected chi connectivity index (χ3v) is 5.49. The summed E-state index contributed by atoms with van der Waals surface area (Å²) in [6, 6.07) is 6.95. The Morgan fingerprint density at radius 1 is 1.48 bits per heavy atom. The molecular weight excluding hydrogens is 358 g/mol. The molecule has 1 fully saturated rings. The fourth-order valence-corrected chi connectivity index (χ4v) is 3.43. The van der Waals surface area contributed by atoms with Crippen LogP contribution in [0.4, 0.5) is 9.93 Å². The first-order chi connectivity index (χ1) is 11.9. The van der Waals surface area contributed by atoms with Gasteiger partial charge in [-0.25, -0.2) is 9.78 Å². The van der Waals surface area contributed by atoms with Crippen LogP contribution in [-0.2, 0) is 5.41 Å². The van der Waals surface area contributed by atoms with E-state index in [0.29, 0.717) is 15.8 Å². The van der Waals surface area contributed by atoms with Gasteiger partial charge in [-0.15, -0.1) is 17.8 Å². The number of aliphatic hydroxyl groups is 1. The summed E-state index contributed by atoms with van der Waals surface area (Å²) >= 11 is 7.25. The van der Waals surface area contributed by atoms with Gasteiger partial charge in [0.25, 0.3) is 0 Å². The first kappa shape index (κ1) is 17.7. The molecule has 1 aromatic heterocycles. The van der Waals surface area contributed by atoms with Crippen LogP contribution in [0.1, 0.15) is 31.0 Å². The van der Waals surface area contributed by atoms with E-state index in [4.69, 9.17) is 18.0 Å². The van der Waals surface area contributed by atoms with E-state index in [9.17, 15) is 9.90 Å². The van der Waals surface area contributed by atoms with Crippen molar-refractivity contribution in [1.82, 2.24) is 10.3 Å². The van der Waals surface area contributed by atoms with E-state index in [1.54, 1.807) is 12.1 Å². The van der Waals surface area contributed by atoms with Crippen molar-refractivity contribution in [2.75, 3.05) is 11.9 Å². The topological polar surface area (TPSA) is 74.2 Å². The minimum atomic E-state index is -0.722. The third-order valence-electron chi connectivity index (χ3n) is 4.48. The van der Waals surface area contributed by atoms with Gasteiger partial charge in [0.1, 0.15) is 0 Å². The van der Waals surface area contributed by atoms with Crippen molar-refractivity contribution in [3.63, 3.8) is 0 Å². The minimum Gasteiger partial charge on any atom is -0.394 e. The van der Waals surface area contributed by atoms with Crippen LogP contribution in [0, 0.1) is 12.3 Å². The quantitative estimate of drug-likeness (QED) is 0.701. The van der Waals surface area contributed by atoms with E-state index < -0.39 is 11.0 Å². The molecule has 3 N–H and O–H groups in total. The predicted molar refractivity (Wildman–Crippen MR) is 100 cm³/mol. The van der Waals surface area contributed by atoms with E-state index >= 15 is 0 Å². The number of anilines is 1. The molecule has 2 amide bonds. The van der Waals surface area contributed by atoms with Crippen molar-refractivity contribution in [2.45, 2.75) is 30.7 Å². The van der Waals surface area contributed by atoms with Gasteiger partial charge in [-0.3, -0.25) is 5.32 Å². The van der Waals surface area contributed by atoms with Crippen molar-refractivity contribution in [3.05, 3.63) is 45.9 Å². The first-order valence-electron chi connectivity index (χ1n) is 7.81. The molecule has 3 rings (SSSR count). The highest BCUT2D eigenvalue weighted by atomic mass is 35.5. The van der Waals surface area contributed by atoms with E-state index in [1.807, 2.05) is 24.4 Å².